The van der Waals surface area contributed by atoms with Gasteiger partial charge in [-0.2, -0.15) is 0 Å². The molecule has 1 N–H and O–H groups in total. The number of aliphatic hydroxyl groups is 1. The zero-order chi connectivity index (χ0) is 14.8. The third-order valence-corrected chi connectivity index (χ3v) is 3.00. The highest BCUT2D eigenvalue weighted by atomic mass is 16.6. The van der Waals surface area contributed by atoms with Gasteiger partial charge in [-0.05, 0) is 52.7 Å². The van der Waals surface area contributed by atoms with Crippen LogP contribution < -0.4 is 0 Å². The summed E-state index contributed by atoms with van der Waals surface area (Å²) in [5, 5.41) is 10.3. The first-order valence-electron chi connectivity index (χ1n) is 6.60. The Morgan fingerprint density at radius 2 is 1.84 bits per heavy atom. The fourth-order valence-electron chi connectivity index (χ4n) is 1.95. The van der Waals surface area contributed by atoms with Crippen LogP contribution in [0.1, 0.15) is 50.5 Å². The van der Waals surface area contributed by atoms with Crippen molar-refractivity contribution in [1.82, 2.24) is 0 Å². The summed E-state index contributed by atoms with van der Waals surface area (Å²) in [6.45, 7) is 11.1. The fraction of sp³-hybridized carbons (Fsp3) is 0.562. The van der Waals surface area contributed by atoms with E-state index in [9.17, 15) is 9.90 Å². The molecule has 1 rings (SSSR count). The number of hydrogen-bond donors (Lipinski definition) is 1. The summed E-state index contributed by atoms with van der Waals surface area (Å²) in [6, 6.07) is 5.81. The number of rotatable bonds is 3. The second-order valence-electron chi connectivity index (χ2n) is 6.13. The van der Waals surface area contributed by atoms with Crippen LogP contribution in [-0.2, 0) is 9.53 Å². The van der Waals surface area contributed by atoms with Crippen molar-refractivity contribution < 1.29 is 14.6 Å². The molecule has 0 spiro atoms. The molecule has 1 aromatic carbocycles. The van der Waals surface area contributed by atoms with Gasteiger partial charge in [-0.25, -0.2) is 0 Å². The van der Waals surface area contributed by atoms with Gasteiger partial charge in [-0.15, -0.1) is 0 Å². The van der Waals surface area contributed by atoms with E-state index in [-0.39, 0.29) is 5.97 Å². The zero-order valence-corrected chi connectivity index (χ0v) is 12.7. The van der Waals surface area contributed by atoms with Gasteiger partial charge >= 0.3 is 5.97 Å². The highest BCUT2D eigenvalue weighted by Gasteiger charge is 2.28. The molecule has 0 bridgehead atoms. The molecule has 0 aliphatic rings. The van der Waals surface area contributed by atoms with E-state index in [1.54, 1.807) is 6.92 Å². The Kier molecular flexibility index (Phi) is 4.75. The van der Waals surface area contributed by atoms with Crippen LogP contribution in [0.15, 0.2) is 18.2 Å². The molecule has 0 radical (unpaired) electrons. The summed E-state index contributed by atoms with van der Waals surface area (Å²) in [7, 11) is 0. The van der Waals surface area contributed by atoms with Crippen LogP contribution >= 0.6 is 0 Å². The number of carbonyl (C=O) groups excluding carboxylic acids is 1. The average molecular weight is 264 g/mol. The first-order valence-corrected chi connectivity index (χ1v) is 6.60. The Hall–Kier alpha value is -1.35. The fourth-order valence-corrected chi connectivity index (χ4v) is 1.95. The van der Waals surface area contributed by atoms with Crippen molar-refractivity contribution in [2.24, 2.45) is 5.92 Å². The summed E-state index contributed by atoms with van der Waals surface area (Å²) >= 11 is 0. The monoisotopic (exact) mass is 264 g/mol. The molecule has 2 unspecified atom stereocenters. The molecule has 0 fully saturated rings. The molecule has 19 heavy (non-hydrogen) atoms. The van der Waals surface area contributed by atoms with Gasteiger partial charge in [0.05, 0.1) is 12.0 Å². The summed E-state index contributed by atoms with van der Waals surface area (Å²) in [6.07, 6.45) is -0.838. The van der Waals surface area contributed by atoms with Crippen LogP contribution in [0.5, 0.6) is 0 Å². The van der Waals surface area contributed by atoms with Gasteiger partial charge in [-0.3, -0.25) is 4.79 Å². The molecule has 0 saturated heterocycles. The highest BCUT2D eigenvalue weighted by molar-refractivity contribution is 5.73. The van der Waals surface area contributed by atoms with Gasteiger partial charge in [0.1, 0.15) is 5.60 Å². The lowest BCUT2D eigenvalue weighted by atomic mass is 9.93. The Bertz CT molecular complexity index is 458. The van der Waals surface area contributed by atoms with Crippen molar-refractivity contribution in [3.8, 4) is 0 Å². The molecule has 0 heterocycles. The van der Waals surface area contributed by atoms with Crippen molar-refractivity contribution >= 4 is 5.97 Å². The molecular weight excluding hydrogens is 240 g/mol. The predicted octanol–water partition coefficient (Wildman–Crippen LogP) is 3.31. The Morgan fingerprint density at radius 1 is 1.26 bits per heavy atom. The number of aryl methyl sites for hydroxylation is 2. The Labute approximate surface area is 115 Å². The Morgan fingerprint density at radius 3 is 2.32 bits per heavy atom. The lowest BCUT2D eigenvalue weighted by Gasteiger charge is -2.25. The van der Waals surface area contributed by atoms with E-state index in [2.05, 4.69) is 0 Å². The van der Waals surface area contributed by atoms with Gasteiger partial charge in [0.15, 0.2) is 0 Å². The van der Waals surface area contributed by atoms with E-state index in [0.29, 0.717) is 0 Å². The maximum atomic E-state index is 12.0. The largest absolute Gasteiger partial charge is 0.460 e. The number of ether oxygens (including phenoxy) is 1. The molecular formula is C16H24O3. The van der Waals surface area contributed by atoms with Gasteiger partial charge in [0.2, 0.25) is 0 Å². The van der Waals surface area contributed by atoms with Crippen LogP contribution in [0.3, 0.4) is 0 Å². The number of carbonyl (C=O) groups is 1. The van der Waals surface area contributed by atoms with Crippen LogP contribution in [0, 0.1) is 19.8 Å². The number of benzene rings is 1. The standard InChI is InChI=1S/C16H24O3/c1-10-7-8-13(11(2)9-10)14(17)12(3)15(18)19-16(4,5)6/h7-9,12,14,17H,1-6H3. The zero-order valence-electron chi connectivity index (χ0n) is 12.7. The first kappa shape index (κ1) is 15.7. The van der Waals surface area contributed by atoms with Crippen LogP contribution in [0.2, 0.25) is 0 Å². The lowest BCUT2D eigenvalue weighted by Crippen LogP contribution is -2.30. The molecule has 106 valence electrons. The van der Waals surface area contributed by atoms with Crippen molar-refractivity contribution in [3.63, 3.8) is 0 Å². The topological polar surface area (TPSA) is 46.5 Å². The summed E-state index contributed by atoms with van der Waals surface area (Å²) in [4.78, 5) is 12.0. The number of esters is 1. The third kappa shape index (κ3) is 4.35. The summed E-state index contributed by atoms with van der Waals surface area (Å²) in [5.74, 6) is -0.958. The molecule has 0 aliphatic heterocycles. The molecule has 0 aromatic heterocycles. The minimum atomic E-state index is -0.838. The second kappa shape index (κ2) is 5.74. The van der Waals surface area contributed by atoms with Crippen molar-refractivity contribution in [3.05, 3.63) is 34.9 Å². The van der Waals surface area contributed by atoms with Gasteiger partial charge < -0.3 is 9.84 Å². The van der Waals surface area contributed by atoms with E-state index < -0.39 is 17.6 Å². The first-order chi connectivity index (χ1) is 8.61. The smallest absolute Gasteiger partial charge is 0.312 e. The van der Waals surface area contributed by atoms with E-state index >= 15 is 0 Å². The van der Waals surface area contributed by atoms with Gasteiger partial charge in [0.25, 0.3) is 0 Å². The van der Waals surface area contributed by atoms with Gasteiger partial charge in [0, 0.05) is 0 Å². The SMILES string of the molecule is Cc1ccc(C(O)C(C)C(=O)OC(C)(C)C)c(C)c1. The third-order valence-electron chi connectivity index (χ3n) is 3.00. The minimum Gasteiger partial charge on any atom is -0.460 e. The number of aliphatic hydroxyl groups excluding tert-OH is 1. The van der Waals surface area contributed by atoms with Crippen molar-refractivity contribution in [2.45, 2.75) is 53.2 Å². The highest BCUT2D eigenvalue weighted by Crippen LogP contribution is 2.27. The number of hydrogen-bond acceptors (Lipinski definition) is 3. The van der Waals surface area contributed by atoms with E-state index in [1.807, 2.05) is 52.8 Å². The lowest BCUT2D eigenvalue weighted by molar-refractivity contribution is -0.163. The minimum absolute atomic E-state index is 0.375. The molecule has 0 aliphatic carbocycles. The molecule has 0 amide bonds. The molecule has 0 saturated carbocycles. The maximum absolute atomic E-state index is 12.0. The predicted molar refractivity (Wildman–Crippen MR) is 75.9 cm³/mol. The molecule has 2 atom stereocenters. The average Bonchev–Trinajstić information content (AvgIpc) is 2.24. The van der Waals surface area contributed by atoms with Crippen LogP contribution in [-0.4, -0.2) is 16.7 Å². The van der Waals surface area contributed by atoms with Crippen molar-refractivity contribution in [2.75, 3.05) is 0 Å². The summed E-state index contributed by atoms with van der Waals surface area (Å²) in [5.41, 5.74) is 2.37. The van der Waals surface area contributed by atoms with Gasteiger partial charge in [-0.1, -0.05) is 23.8 Å². The maximum Gasteiger partial charge on any atom is 0.312 e. The van der Waals surface area contributed by atoms with E-state index in [4.69, 9.17) is 4.74 Å². The summed E-state index contributed by atoms with van der Waals surface area (Å²) < 4.78 is 5.31. The molecule has 1 aromatic rings. The van der Waals surface area contributed by atoms with E-state index in [0.717, 1.165) is 16.7 Å². The van der Waals surface area contributed by atoms with Crippen LogP contribution in [0.4, 0.5) is 0 Å². The van der Waals surface area contributed by atoms with E-state index in [1.165, 1.54) is 0 Å². The normalized spacial score (nSPS) is 14.9. The molecule has 3 heteroatoms. The Balaban J connectivity index is 2.87. The van der Waals surface area contributed by atoms with Crippen LogP contribution in [0.25, 0.3) is 0 Å². The van der Waals surface area contributed by atoms with Crippen molar-refractivity contribution in [1.29, 1.82) is 0 Å². The quantitative estimate of drug-likeness (QED) is 0.852. The molecule has 3 nitrogen and oxygen atoms in total. The second-order valence-corrected chi connectivity index (χ2v) is 6.13.